The number of nitrogens with zero attached hydrogens (tertiary/aromatic N) is 1. The van der Waals surface area contributed by atoms with E-state index in [2.05, 4.69) is 19.7 Å². The van der Waals surface area contributed by atoms with Gasteiger partial charge < -0.3 is 19.7 Å². The number of nitrogens with one attached hydrogen (secondary N) is 1. The lowest BCUT2D eigenvalue weighted by molar-refractivity contribution is -0.286. The van der Waals surface area contributed by atoms with Gasteiger partial charge >= 0.3 is 6.29 Å². The van der Waals surface area contributed by atoms with Crippen LogP contribution in [0.25, 0.3) is 0 Å². The molecular weight excluding hydrogens is 278 g/mol. The molecule has 6 heteroatoms. The van der Waals surface area contributed by atoms with E-state index in [1.807, 2.05) is 0 Å². The molecule has 2 fully saturated rings. The Kier molecular flexibility index (Phi) is 2.96. The highest BCUT2D eigenvalue weighted by Gasteiger charge is 2.43. The third-order valence-corrected chi connectivity index (χ3v) is 4.59. The van der Waals surface area contributed by atoms with Crippen LogP contribution in [0.4, 0.5) is 14.5 Å². The second kappa shape index (κ2) is 4.73. The number of fused-ring (bicyclic) bond motifs is 2. The first-order valence-corrected chi connectivity index (χ1v) is 7.49. The number of benzene rings is 1. The molecule has 2 saturated heterocycles. The van der Waals surface area contributed by atoms with Crippen molar-refractivity contribution in [1.29, 1.82) is 0 Å². The van der Waals surface area contributed by atoms with Crippen LogP contribution in [0.2, 0.25) is 0 Å². The lowest BCUT2D eigenvalue weighted by Crippen LogP contribution is -2.42. The van der Waals surface area contributed by atoms with Crippen LogP contribution in [0.15, 0.2) is 18.2 Å². The number of ether oxygens (including phenoxy) is 2. The van der Waals surface area contributed by atoms with Gasteiger partial charge in [-0.1, -0.05) is 0 Å². The summed E-state index contributed by atoms with van der Waals surface area (Å²) in [7, 11) is 0. The first-order valence-electron chi connectivity index (χ1n) is 7.49. The van der Waals surface area contributed by atoms with E-state index in [1.165, 1.54) is 25.5 Å². The van der Waals surface area contributed by atoms with E-state index in [-0.39, 0.29) is 11.5 Å². The van der Waals surface area contributed by atoms with Crippen molar-refractivity contribution in [2.24, 2.45) is 0 Å². The Morgan fingerprint density at radius 3 is 2.90 bits per heavy atom. The van der Waals surface area contributed by atoms with Gasteiger partial charge in [0.05, 0.1) is 0 Å². The summed E-state index contributed by atoms with van der Waals surface area (Å²) >= 11 is 0. The highest BCUT2D eigenvalue weighted by atomic mass is 19.3. The van der Waals surface area contributed by atoms with Crippen LogP contribution in [0, 0.1) is 0 Å². The van der Waals surface area contributed by atoms with Crippen molar-refractivity contribution in [3.05, 3.63) is 18.2 Å². The molecular formula is C15H18F2N2O2. The summed E-state index contributed by atoms with van der Waals surface area (Å²) < 4.78 is 34.9. The predicted molar refractivity (Wildman–Crippen MR) is 73.9 cm³/mol. The Bertz CT molecular complexity index is 552. The van der Waals surface area contributed by atoms with Crippen LogP contribution in [0.3, 0.4) is 0 Å². The number of hydrogen-bond acceptors (Lipinski definition) is 4. The van der Waals surface area contributed by atoms with Crippen LogP contribution in [0.1, 0.15) is 25.7 Å². The monoisotopic (exact) mass is 296 g/mol. The number of halogens is 2. The topological polar surface area (TPSA) is 33.7 Å². The lowest BCUT2D eigenvalue weighted by Gasteiger charge is -2.35. The van der Waals surface area contributed by atoms with Gasteiger partial charge in [0.1, 0.15) is 0 Å². The van der Waals surface area contributed by atoms with Gasteiger partial charge in [0.15, 0.2) is 11.5 Å². The molecule has 0 saturated carbocycles. The maximum Gasteiger partial charge on any atom is 0.586 e. The minimum absolute atomic E-state index is 0.0937. The van der Waals surface area contributed by atoms with Crippen molar-refractivity contribution >= 4 is 5.69 Å². The average molecular weight is 296 g/mol. The molecule has 21 heavy (non-hydrogen) atoms. The molecule has 0 bridgehead atoms. The third-order valence-electron chi connectivity index (χ3n) is 4.59. The number of alkyl halides is 2. The van der Waals surface area contributed by atoms with Crippen LogP contribution >= 0.6 is 0 Å². The van der Waals surface area contributed by atoms with Gasteiger partial charge in [-0.15, -0.1) is 8.78 Å². The maximum absolute atomic E-state index is 13.0. The zero-order chi connectivity index (χ0) is 14.4. The van der Waals surface area contributed by atoms with E-state index in [0.29, 0.717) is 12.1 Å². The third kappa shape index (κ3) is 2.52. The molecule has 0 radical (unpaired) electrons. The molecule has 1 N–H and O–H groups in total. The number of rotatable bonds is 2. The highest BCUT2D eigenvalue weighted by Crippen LogP contribution is 2.42. The number of piperidine rings is 1. The molecule has 0 aliphatic carbocycles. The van der Waals surface area contributed by atoms with E-state index < -0.39 is 6.29 Å². The van der Waals surface area contributed by atoms with Gasteiger partial charge in [-0.3, -0.25) is 0 Å². The predicted octanol–water partition coefficient (Wildman–Crippen LogP) is 3.05. The standard InChI is InChI=1S/C15H18F2N2O2/c16-15(17)20-13-4-3-10(9-14(13)21-15)18-11-5-7-19-6-1-2-12(19)8-11/h3-4,9,11-12,18H,1-2,5-8H2. The highest BCUT2D eigenvalue weighted by molar-refractivity contribution is 5.56. The molecule has 0 aromatic heterocycles. The molecule has 1 aromatic carbocycles. The Balaban J connectivity index is 1.44. The lowest BCUT2D eigenvalue weighted by atomic mass is 9.97. The fourth-order valence-corrected chi connectivity index (χ4v) is 3.63. The molecule has 0 spiro atoms. The van der Waals surface area contributed by atoms with Crippen LogP contribution in [0.5, 0.6) is 11.5 Å². The van der Waals surface area contributed by atoms with Crippen molar-refractivity contribution in [3.63, 3.8) is 0 Å². The van der Waals surface area contributed by atoms with E-state index >= 15 is 0 Å². The molecule has 0 amide bonds. The largest absolute Gasteiger partial charge is 0.586 e. The molecule has 2 unspecified atom stereocenters. The Morgan fingerprint density at radius 1 is 1.14 bits per heavy atom. The van der Waals surface area contributed by atoms with Crippen LogP contribution in [-0.2, 0) is 0 Å². The summed E-state index contributed by atoms with van der Waals surface area (Å²) in [5.41, 5.74) is 0.812. The van der Waals surface area contributed by atoms with Crippen LogP contribution < -0.4 is 14.8 Å². The van der Waals surface area contributed by atoms with Crippen molar-refractivity contribution in [1.82, 2.24) is 4.90 Å². The van der Waals surface area contributed by atoms with Gasteiger partial charge in [0.2, 0.25) is 0 Å². The average Bonchev–Trinajstić information content (AvgIpc) is 2.99. The summed E-state index contributed by atoms with van der Waals surface area (Å²) in [6.07, 6.45) is 1.21. The van der Waals surface area contributed by atoms with Gasteiger partial charge in [-0.05, 0) is 44.4 Å². The van der Waals surface area contributed by atoms with Crippen molar-refractivity contribution in [2.75, 3.05) is 18.4 Å². The van der Waals surface area contributed by atoms with Crippen molar-refractivity contribution in [3.8, 4) is 11.5 Å². The number of anilines is 1. The minimum Gasteiger partial charge on any atom is -0.395 e. The summed E-state index contributed by atoms with van der Waals surface area (Å²) in [5.74, 6) is 0.194. The SMILES string of the molecule is FC1(F)Oc2ccc(NC3CCN4CCCC4C3)cc2O1. The van der Waals surface area contributed by atoms with Gasteiger partial charge in [0.25, 0.3) is 0 Å². The fraction of sp³-hybridized carbons (Fsp3) is 0.600. The number of hydrogen-bond donors (Lipinski definition) is 1. The summed E-state index contributed by atoms with van der Waals surface area (Å²) in [6, 6.07) is 5.96. The second-order valence-corrected chi connectivity index (χ2v) is 6.03. The molecule has 1 aromatic rings. The first kappa shape index (κ1) is 13.1. The van der Waals surface area contributed by atoms with Gasteiger partial charge in [-0.25, -0.2) is 0 Å². The molecule has 3 aliphatic rings. The fourth-order valence-electron chi connectivity index (χ4n) is 3.63. The Labute approximate surface area is 122 Å². The molecule has 3 heterocycles. The van der Waals surface area contributed by atoms with Crippen LogP contribution in [-0.4, -0.2) is 36.4 Å². The van der Waals surface area contributed by atoms with Crippen molar-refractivity contribution in [2.45, 2.75) is 44.1 Å². The first-order chi connectivity index (χ1) is 10.1. The normalized spacial score (nSPS) is 30.2. The van der Waals surface area contributed by atoms with E-state index in [9.17, 15) is 8.78 Å². The molecule has 4 rings (SSSR count). The summed E-state index contributed by atoms with van der Waals surface area (Å²) in [5, 5.41) is 3.44. The zero-order valence-corrected chi connectivity index (χ0v) is 11.6. The minimum atomic E-state index is -3.55. The van der Waals surface area contributed by atoms with Gasteiger partial charge in [0, 0.05) is 30.4 Å². The molecule has 2 atom stereocenters. The van der Waals surface area contributed by atoms with E-state index in [1.54, 1.807) is 12.1 Å². The molecule has 114 valence electrons. The summed E-state index contributed by atoms with van der Waals surface area (Å²) in [6.45, 7) is 2.33. The summed E-state index contributed by atoms with van der Waals surface area (Å²) in [4.78, 5) is 2.55. The quantitative estimate of drug-likeness (QED) is 0.909. The zero-order valence-electron chi connectivity index (χ0n) is 11.6. The maximum atomic E-state index is 13.0. The molecule has 4 nitrogen and oxygen atoms in total. The van der Waals surface area contributed by atoms with Crippen molar-refractivity contribution < 1.29 is 18.3 Å². The van der Waals surface area contributed by atoms with E-state index in [4.69, 9.17) is 0 Å². The van der Waals surface area contributed by atoms with E-state index in [0.717, 1.165) is 25.1 Å². The van der Waals surface area contributed by atoms with Gasteiger partial charge in [-0.2, -0.15) is 0 Å². The Hall–Kier alpha value is -1.56. The molecule has 3 aliphatic heterocycles. The smallest absolute Gasteiger partial charge is 0.395 e. The Morgan fingerprint density at radius 2 is 2.00 bits per heavy atom. The second-order valence-electron chi connectivity index (χ2n) is 6.03.